The van der Waals surface area contributed by atoms with Crippen LogP contribution in [0.5, 0.6) is 0 Å². The number of nitrogens with one attached hydrogen (secondary N) is 1. The number of aryl methyl sites for hydroxylation is 2. The van der Waals surface area contributed by atoms with Gasteiger partial charge >= 0.3 is 0 Å². The molecule has 4 aromatic rings. The predicted molar refractivity (Wildman–Crippen MR) is 135 cm³/mol. The second-order valence-corrected chi connectivity index (χ2v) is 9.54. The van der Waals surface area contributed by atoms with Crippen molar-refractivity contribution < 1.29 is 9.18 Å². The van der Waals surface area contributed by atoms with E-state index in [2.05, 4.69) is 15.4 Å². The Hall–Kier alpha value is -4.03. The number of carbonyl (C=O) groups excluding carboxylic acids is 1. The number of halogens is 1. The molecule has 36 heavy (non-hydrogen) atoms. The van der Waals surface area contributed by atoms with E-state index in [4.69, 9.17) is 5.26 Å². The van der Waals surface area contributed by atoms with Crippen LogP contribution in [0.2, 0.25) is 0 Å². The minimum atomic E-state index is -0.544. The summed E-state index contributed by atoms with van der Waals surface area (Å²) in [6.45, 7) is 6.91. The van der Waals surface area contributed by atoms with Crippen LogP contribution in [0.1, 0.15) is 29.8 Å². The minimum absolute atomic E-state index is 0.0251. The number of rotatable bonds is 3. The fraction of sp³-hybridized carbons (Fsp3) is 0.333. The van der Waals surface area contributed by atoms with E-state index in [1.807, 2.05) is 65.5 Å². The van der Waals surface area contributed by atoms with Crippen LogP contribution >= 0.6 is 0 Å². The van der Waals surface area contributed by atoms with E-state index in [1.54, 1.807) is 6.07 Å². The number of hydrogen-bond acceptors (Lipinski definition) is 5. The number of aromatic nitrogens is 4. The summed E-state index contributed by atoms with van der Waals surface area (Å²) in [5.41, 5.74) is 4.81. The molecule has 0 bridgehead atoms. The Morgan fingerprint density at radius 1 is 1.19 bits per heavy atom. The molecule has 0 radical (unpaired) electrons. The third-order valence-electron chi connectivity index (χ3n) is 7.32. The zero-order valence-electron chi connectivity index (χ0n) is 20.6. The first-order valence-corrected chi connectivity index (χ1v) is 12.0. The van der Waals surface area contributed by atoms with Gasteiger partial charge in [0.05, 0.1) is 23.0 Å². The van der Waals surface area contributed by atoms with Gasteiger partial charge in [-0.3, -0.25) is 14.0 Å². The number of fused-ring (bicyclic) bond motifs is 1. The first kappa shape index (κ1) is 23.7. The third kappa shape index (κ3) is 4.14. The van der Waals surface area contributed by atoms with E-state index < -0.39 is 5.82 Å². The van der Waals surface area contributed by atoms with Crippen molar-refractivity contribution in [2.45, 2.75) is 32.2 Å². The van der Waals surface area contributed by atoms with Crippen LogP contribution < -0.4 is 5.32 Å². The summed E-state index contributed by atoms with van der Waals surface area (Å²) < 4.78 is 17.9. The average molecular weight is 486 g/mol. The Morgan fingerprint density at radius 2 is 2.00 bits per heavy atom. The Labute approximate surface area is 209 Å². The van der Waals surface area contributed by atoms with Crippen LogP contribution in [0.3, 0.4) is 0 Å². The van der Waals surface area contributed by atoms with Crippen molar-refractivity contribution in [3.05, 3.63) is 65.4 Å². The molecule has 9 heteroatoms. The van der Waals surface area contributed by atoms with Crippen molar-refractivity contribution in [2.75, 3.05) is 19.6 Å². The molecule has 8 nitrogen and oxygen atoms in total. The fourth-order valence-electron chi connectivity index (χ4n) is 4.98. The van der Waals surface area contributed by atoms with Gasteiger partial charge in [0, 0.05) is 48.0 Å². The van der Waals surface area contributed by atoms with Gasteiger partial charge in [0.25, 0.3) is 0 Å². The summed E-state index contributed by atoms with van der Waals surface area (Å²) in [6.07, 6.45) is 5.16. The largest absolute Gasteiger partial charge is 0.343 e. The number of likely N-dealkylation sites (tertiary alicyclic amines) is 1. The lowest BCUT2D eigenvalue weighted by atomic mass is 9.87. The topological polar surface area (TPSA) is 91.8 Å². The summed E-state index contributed by atoms with van der Waals surface area (Å²) in [6, 6.07) is 12.5. The van der Waals surface area contributed by atoms with Gasteiger partial charge in [-0.15, -0.1) is 0 Å². The van der Waals surface area contributed by atoms with Crippen LogP contribution in [-0.4, -0.2) is 55.8 Å². The van der Waals surface area contributed by atoms with E-state index >= 15 is 0 Å². The number of nitrogens with zero attached hydrogens (tertiary/aromatic N) is 6. The number of hydrogen-bond donors (Lipinski definition) is 1. The first-order valence-electron chi connectivity index (χ1n) is 12.0. The first-order chi connectivity index (χ1) is 17.3. The lowest BCUT2D eigenvalue weighted by molar-refractivity contribution is -0.117. The lowest BCUT2D eigenvalue weighted by Gasteiger charge is -2.39. The Morgan fingerprint density at radius 3 is 2.61 bits per heavy atom. The summed E-state index contributed by atoms with van der Waals surface area (Å²) in [7, 11) is 1.90. The molecule has 2 aromatic heterocycles. The molecule has 1 unspecified atom stereocenters. The van der Waals surface area contributed by atoms with Crippen molar-refractivity contribution in [3.63, 3.8) is 0 Å². The van der Waals surface area contributed by atoms with Crippen LogP contribution in [-0.2, 0) is 11.8 Å². The normalized spacial score (nSPS) is 18.6. The highest BCUT2D eigenvalue weighted by atomic mass is 19.1. The molecule has 2 aliphatic rings. The number of amides is 1. The lowest BCUT2D eigenvalue weighted by Crippen LogP contribution is -2.58. The third-order valence-corrected chi connectivity index (χ3v) is 7.32. The van der Waals surface area contributed by atoms with E-state index in [0.717, 1.165) is 60.4 Å². The summed E-state index contributed by atoms with van der Waals surface area (Å²) >= 11 is 0. The maximum absolute atomic E-state index is 14.1. The van der Waals surface area contributed by atoms with Gasteiger partial charge in [0.1, 0.15) is 17.7 Å². The highest BCUT2D eigenvalue weighted by Gasteiger charge is 2.42. The summed E-state index contributed by atoms with van der Waals surface area (Å²) in [5, 5.41) is 17.6. The van der Waals surface area contributed by atoms with Gasteiger partial charge in [-0.05, 0) is 69.6 Å². The second-order valence-electron chi connectivity index (χ2n) is 9.54. The number of carbonyl (C=O) groups is 1. The molecule has 1 N–H and O–H groups in total. The minimum Gasteiger partial charge on any atom is -0.343 e. The van der Waals surface area contributed by atoms with Crippen molar-refractivity contribution in [2.24, 2.45) is 7.05 Å². The van der Waals surface area contributed by atoms with Crippen molar-refractivity contribution in [1.82, 2.24) is 29.5 Å². The Bertz CT molecular complexity index is 1490. The summed E-state index contributed by atoms with van der Waals surface area (Å²) in [5.74, 6) is 0.101. The molecule has 1 atom stereocenters. The maximum Gasteiger partial charge on any atom is 0.209 e. The van der Waals surface area contributed by atoms with E-state index in [1.165, 1.54) is 18.6 Å². The molecule has 6 rings (SSSR count). The zero-order chi connectivity index (χ0) is 25.4. The van der Waals surface area contributed by atoms with Crippen molar-refractivity contribution >= 4 is 17.3 Å². The van der Waals surface area contributed by atoms with Gasteiger partial charge in [-0.2, -0.15) is 10.4 Å². The number of imidazole rings is 1. The van der Waals surface area contributed by atoms with Crippen LogP contribution in [0, 0.1) is 31.0 Å². The number of benzene rings is 2. The summed E-state index contributed by atoms with van der Waals surface area (Å²) in [4.78, 5) is 16.8. The van der Waals surface area contributed by atoms with Gasteiger partial charge in [0.2, 0.25) is 6.41 Å². The molecule has 0 aliphatic carbocycles. The van der Waals surface area contributed by atoms with Crippen LogP contribution in [0.4, 0.5) is 4.39 Å². The van der Waals surface area contributed by atoms with Gasteiger partial charge in [-0.1, -0.05) is 0 Å². The van der Waals surface area contributed by atoms with Crippen molar-refractivity contribution in [3.8, 4) is 23.1 Å². The standard InChI is InChI=1S/C20H16FN5.C7H12N2O/c1-12-13(2)26(17-6-7-19-16(8-17)11-23-25(19)3)20(24-12)14-4-5-15(10-22)18(21)9-14;10-6-9-4-2-7(5-9)1-3-8-7/h4-9,11H,1-3H3;6,8H,1-5H2. The quantitative estimate of drug-likeness (QED) is 0.448. The molecule has 2 fully saturated rings. The number of nitriles is 1. The van der Waals surface area contributed by atoms with Crippen LogP contribution in [0.25, 0.3) is 28.0 Å². The molecule has 1 spiro atoms. The molecule has 1 amide bonds. The van der Waals surface area contributed by atoms with Gasteiger partial charge < -0.3 is 10.2 Å². The molecule has 184 valence electrons. The molecular weight excluding hydrogens is 457 g/mol. The molecular formula is C27H28FN7O. The highest BCUT2D eigenvalue weighted by Crippen LogP contribution is 2.30. The van der Waals surface area contributed by atoms with Gasteiger partial charge in [-0.25, -0.2) is 9.37 Å². The van der Waals surface area contributed by atoms with Crippen molar-refractivity contribution in [1.29, 1.82) is 5.26 Å². The van der Waals surface area contributed by atoms with Gasteiger partial charge in [0.15, 0.2) is 0 Å². The SMILES string of the molecule is Cc1nc(-c2ccc(C#N)c(F)c2)n(-c2ccc3c(cnn3C)c2)c1C.O=CN1CCC2(CCN2)C1. The Balaban J connectivity index is 0.000000222. The van der Waals surface area contributed by atoms with Crippen LogP contribution in [0.15, 0.2) is 42.6 Å². The van der Waals surface area contributed by atoms with E-state index in [9.17, 15) is 9.18 Å². The monoisotopic (exact) mass is 485 g/mol. The molecule has 0 saturated carbocycles. The van der Waals surface area contributed by atoms with E-state index in [-0.39, 0.29) is 5.56 Å². The molecule has 2 aliphatic heterocycles. The molecule has 2 aromatic carbocycles. The fourth-order valence-corrected chi connectivity index (χ4v) is 4.98. The molecule has 4 heterocycles. The maximum atomic E-state index is 14.1. The Kier molecular flexibility index (Phi) is 6.06. The smallest absolute Gasteiger partial charge is 0.209 e. The molecule has 2 saturated heterocycles. The predicted octanol–water partition coefficient (Wildman–Crippen LogP) is 3.63. The average Bonchev–Trinajstić information content (AvgIpc) is 3.55. The second kappa shape index (κ2) is 9.21. The highest BCUT2D eigenvalue weighted by molar-refractivity contribution is 5.81. The van der Waals surface area contributed by atoms with E-state index in [0.29, 0.717) is 16.9 Å². The zero-order valence-corrected chi connectivity index (χ0v) is 20.6.